The fourth-order valence-corrected chi connectivity index (χ4v) is 1.47. The van der Waals surface area contributed by atoms with Crippen molar-refractivity contribution in [1.29, 1.82) is 0 Å². The molecule has 1 amide bonds. The molecule has 1 aromatic heterocycles. The molecule has 5 heteroatoms. The first kappa shape index (κ1) is 13.0. The molecule has 1 N–H and O–H groups in total. The molecule has 19 heavy (non-hydrogen) atoms. The SMILES string of the molecule is O=C(COc1cccnc1F)NCc1ccccc1. The van der Waals surface area contributed by atoms with Gasteiger partial charge in [-0.05, 0) is 17.7 Å². The van der Waals surface area contributed by atoms with Gasteiger partial charge in [-0.25, -0.2) is 4.98 Å². The minimum Gasteiger partial charge on any atom is -0.479 e. The third kappa shape index (κ3) is 4.06. The Hall–Kier alpha value is -2.43. The number of nitrogens with zero attached hydrogens (tertiary/aromatic N) is 1. The van der Waals surface area contributed by atoms with Gasteiger partial charge < -0.3 is 10.1 Å². The summed E-state index contributed by atoms with van der Waals surface area (Å²) in [6, 6.07) is 12.5. The van der Waals surface area contributed by atoms with Gasteiger partial charge in [-0.2, -0.15) is 4.39 Å². The van der Waals surface area contributed by atoms with Gasteiger partial charge >= 0.3 is 0 Å². The zero-order valence-electron chi connectivity index (χ0n) is 10.2. The van der Waals surface area contributed by atoms with Crippen LogP contribution < -0.4 is 10.1 Å². The van der Waals surface area contributed by atoms with E-state index < -0.39 is 5.95 Å². The Kier molecular flexibility index (Phi) is 4.44. The van der Waals surface area contributed by atoms with E-state index in [-0.39, 0.29) is 18.3 Å². The highest BCUT2D eigenvalue weighted by atomic mass is 19.1. The van der Waals surface area contributed by atoms with Gasteiger partial charge in [0.15, 0.2) is 12.4 Å². The van der Waals surface area contributed by atoms with E-state index in [9.17, 15) is 9.18 Å². The Morgan fingerprint density at radius 3 is 2.74 bits per heavy atom. The third-order valence-electron chi connectivity index (χ3n) is 2.42. The number of ether oxygens (including phenoxy) is 1. The molecule has 0 fully saturated rings. The maximum atomic E-state index is 13.1. The van der Waals surface area contributed by atoms with Crippen molar-refractivity contribution in [1.82, 2.24) is 10.3 Å². The molecule has 0 radical (unpaired) electrons. The monoisotopic (exact) mass is 260 g/mol. The van der Waals surface area contributed by atoms with Crippen LogP contribution >= 0.6 is 0 Å². The molecule has 0 saturated heterocycles. The molecule has 1 heterocycles. The fourth-order valence-electron chi connectivity index (χ4n) is 1.47. The van der Waals surface area contributed by atoms with Gasteiger partial charge in [0, 0.05) is 12.7 Å². The van der Waals surface area contributed by atoms with Crippen molar-refractivity contribution in [2.75, 3.05) is 6.61 Å². The molecule has 2 rings (SSSR count). The van der Waals surface area contributed by atoms with Gasteiger partial charge in [0.05, 0.1) is 0 Å². The Morgan fingerprint density at radius 2 is 2.00 bits per heavy atom. The minimum atomic E-state index is -0.724. The van der Waals surface area contributed by atoms with Crippen LogP contribution in [0.3, 0.4) is 0 Å². The predicted octanol–water partition coefficient (Wildman–Crippen LogP) is 1.92. The van der Waals surface area contributed by atoms with Crippen molar-refractivity contribution in [3.05, 3.63) is 60.2 Å². The van der Waals surface area contributed by atoms with Gasteiger partial charge in [-0.1, -0.05) is 30.3 Å². The van der Waals surface area contributed by atoms with Crippen LogP contribution in [0, 0.1) is 5.95 Å². The van der Waals surface area contributed by atoms with Crippen molar-refractivity contribution in [3.8, 4) is 5.75 Å². The first-order valence-corrected chi connectivity index (χ1v) is 5.79. The number of pyridine rings is 1. The van der Waals surface area contributed by atoms with E-state index in [1.165, 1.54) is 12.3 Å². The number of aromatic nitrogens is 1. The molecule has 0 saturated carbocycles. The van der Waals surface area contributed by atoms with Crippen molar-refractivity contribution in [3.63, 3.8) is 0 Å². The number of amides is 1. The van der Waals surface area contributed by atoms with E-state index >= 15 is 0 Å². The second kappa shape index (κ2) is 6.49. The molecular weight excluding hydrogens is 247 g/mol. The average molecular weight is 260 g/mol. The number of hydrogen-bond acceptors (Lipinski definition) is 3. The smallest absolute Gasteiger partial charge is 0.258 e. The summed E-state index contributed by atoms with van der Waals surface area (Å²) in [5.41, 5.74) is 0.989. The van der Waals surface area contributed by atoms with E-state index in [1.54, 1.807) is 6.07 Å². The van der Waals surface area contributed by atoms with E-state index in [0.717, 1.165) is 5.56 Å². The number of rotatable bonds is 5. The minimum absolute atomic E-state index is 0.0302. The Bertz CT molecular complexity index is 546. The molecule has 0 unspecified atom stereocenters. The summed E-state index contributed by atoms with van der Waals surface area (Å²) >= 11 is 0. The Labute approximate surface area is 110 Å². The molecule has 0 atom stereocenters. The molecule has 0 aliphatic rings. The summed E-state index contributed by atoms with van der Waals surface area (Å²) in [5.74, 6) is -1.07. The van der Waals surface area contributed by atoms with Gasteiger partial charge in [-0.15, -0.1) is 0 Å². The lowest BCUT2D eigenvalue weighted by Crippen LogP contribution is -2.28. The van der Waals surface area contributed by atoms with E-state index in [4.69, 9.17) is 4.74 Å². The van der Waals surface area contributed by atoms with Crippen LogP contribution in [-0.4, -0.2) is 17.5 Å². The number of carbonyl (C=O) groups excluding carboxylic acids is 1. The standard InChI is InChI=1S/C14H13FN2O2/c15-14-12(7-4-8-16-14)19-10-13(18)17-9-11-5-2-1-3-6-11/h1-8H,9-10H2,(H,17,18). The molecule has 98 valence electrons. The number of carbonyl (C=O) groups is 1. The molecule has 4 nitrogen and oxygen atoms in total. The number of hydrogen-bond donors (Lipinski definition) is 1. The van der Waals surface area contributed by atoms with E-state index in [2.05, 4.69) is 10.3 Å². The first-order chi connectivity index (χ1) is 9.25. The van der Waals surface area contributed by atoms with Gasteiger partial charge in [0.25, 0.3) is 11.9 Å². The highest BCUT2D eigenvalue weighted by Gasteiger charge is 2.06. The fraction of sp³-hybridized carbons (Fsp3) is 0.143. The highest BCUT2D eigenvalue weighted by Crippen LogP contribution is 2.12. The summed E-state index contributed by atoms with van der Waals surface area (Å²) in [7, 11) is 0. The normalized spacial score (nSPS) is 9.95. The lowest BCUT2D eigenvalue weighted by atomic mass is 10.2. The zero-order chi connectivity index (χ0) is 13.5. The molecule has 0 spiro atoms. The maximum Gasteiger partial charge on any atom is 0.258 e. The number of nitrogens with one attached hydrogen (secondary N) is 1. The predicted molar refractivity (Wildman–Crippen MR) is 68.0 cm³/mol. The highest BCUT2D eigenvalue weighted by molar-refractivity contribution is 5.77. The molecule has 0 aliphatic heterocycles. The zero-order valence-corrected chi connectivity index (χ0v) is 10.2. The van der Waals surface area contributed by atoms with Crippen LogP contribution in [0.15, 0.2) is 48.7 Å². The van der Waals surface area contributed by atoms with E-state index in [1.807, 2.05) is 30.3 Å². The number of benzene rings is 1. The Morgan fingerprint density at radius 1 is 1.21 bits per heavy atom. The maximum absolute atomic E-state index is 13.1. The van der Waals surface area contributed by atoms with Crippen LogP contribution in [0.2, 0.25) is 0 Å². The van der Waals surface area contributed by atoms with Crippen LogP contribution in [-0.2, 0) is 11.3 Å². The third-order valence-corrected chi connectivity index (χ3v) is 2.42. The van der Waals surface area contributed by atoms with E-state index in [0.29, 0.717) is 6.54 Å². The summed E-state index contributed by atoms with van der Waals surface area (Å²) in [4.78, 5) is 14.9. The summed E-state index contributed by atoms with van der Waals surface area (Å²) in [6.45, 7) is 0.175. The van der Waals surface area contributed by atoms with Gasteiger partial charge in [0.2, 0.25) is 0 Å². The second-order valence-corrected chi connectivity index (χ2v) is 3.84. The van der Waals surface area contributed by atoms with Crippen LogP contribution in [0.1, 0.15) is 5.56 Å². The first-order valence-electron chi connectivity index (χ1n) is 5.79. The van der Waals surface area contributed by atoms with Crippen molar-refractivity contribution < 1.29 is 13.9 Å². The van der Waals surface area contributed by atoms with Crippen molar-refractivity contribution in [2.24, 2.45) is 0 Å². The lowest BCUT2D eigenvalue weighted by Gasteiger charge is -2.07. The molecule has 0 bridgehead atoms. The van der Waals surface area contributed by atoms with Crippen molar-refractivity contribution >= 4 is 5.91 Å². The van der Waals surface area contributed by atoms with Gasteiger partial charge in [-0.3, -0.25) is 4.79 Å². The number of halogens is 1. The van der Waals surface area contributed by atoms with Crippen LogP contribution in [0.4, 0.5) is 4.39 Å². The summed E-state index contributed by atoms with van der Waals surface area (Å²) in [5, 5.41) is 2.68. The molecule has 0 aliphatic carbocycles. The van der Waals surface area contributed by atoms with Crippen LogP contribution in [0.5, 0.6) is 5.75 Å². The van der Waals surface area contributed by atoms with Crippen molar-refractivity contribution in [2.45, 2.75) is 6.54 Å². The quantitative estimate of drug-likeness (QED) is 0.835. The molecule has 1 aromatic carbocycles. The average Bonchev–Trinajstić information content (AvgIpc) is 2.45. The van der Waals surface area contributed by atoms with Gasteiger partial charge in [0.1, 0.15) is 0 Å². The molecule has 2 aromatic rings. The van der Waals surface area contributed by atoms with Crippen LogP contribution in [0.25, 0.3) is 0 Å². The summed E-state index contributed by atoms with van der Waals surface area (Å²) < 4.78 is 18.2. The largest absolute Gasteiger partial charge is 0.479 e. The Balaban J connectivity index is 1.78. The molecular formula is C14H13FN2O2. The topological polar surface area (TPSA) is 51.2 Å². The second-order valence-electron chi connectivity index (χ2n) is 3.84. The summed E-state index contributed by atoms with van der Waals surface area (Å²) in [6.07, 6.45) is 1.32. The lowest BCUT2D eigenvalue weighted by molar-refractivity contribution is -0.123.